The van der Waals surface area contributed by atoms with Crippen LogP contribution in [0.25, 0.3) is 0 Å². The Balaban J connectivity index is 4.58. The van der Waals surface area contributed by atoms with Gasteiger partial charge < -0.3 is 44.2 Å². The molecule has 0 radical (unpaired) electrons. The Morgan fingerprint density at radius 3 is 1.25 bits per heavy atom. The number of amides is 5. The molecule has 0 aliphatic carbocycles. The molecule has 0 fully saturated rings. The number of carbonyl (C=O) groups is 5. The maximum atomic E-state index is 13.4. The molecular weight excluding hydrogens is 672 g/mol. The second kappa shape index (κ2) is 36.2. The van der Waals surface area contributed by atoms with Crippen LogP contribution in [0, 0.1) is 0 Å². The van der Waals surface area contributed by atoms with Gasteiger partial charge in [-0.25, -0.2) is 0 Å². The van der Waals surface area contributed by atoms with Crippen LogP contribution >= 0.6 is 0 Å². The van der Waals surface area contributed by atoms with Gasteiger partial charge in [0.1, 0.15) is 18.1 Å². The predicted molar refractivity (Wildman–Crippen MR) is 215 cm³/mol. The molecule has 0 aromatic carbocycles. The molecule has 0 spiro atoms. The highest BCUT2D eigenvalue weighted by atomic mass is 16.2. The van der Waals surface area contributed by atoms with Crippen LogP contribution in [0.4, 0.5) is 0 Å². The Morgan fingerprint density at radius 2 is 0.811 bits per heavy atom. The number of nitrogens with two attached hydrogens (primary N) is 4. The lowest BCUT2D eigenvalue weighted by Gasteiger charge is -2.23. The molecule has 0 saturated carbocycles. The highest BCUT2D eigenvalue weighted by Crippen LogP contribution is 2.12. The van der Waals surface area contributed by atoms with Crippen molar-refractivity contribution in [2.24, 2.45) is 22.9 Å². The average Bonchev–Trinajstić information content (AvgIpc) is 3.13. The number of unbranched alkanes of at least 4 members (excludes halogenated alkanes) is 17. The Morgan fingerprint density at radius 1 is 0.434 bits per heavy atom. The normalized spacial score (nSPS) is 12.8. The molecule has 13 nitrogen and oxygen atoms in total. The fraction of sp³-hybridized carbons (Fsp3) is 0.875. The summed E-state index contributed by atoms with van der Waals surface area (Å²) < 4.78 is 0. The van der Waals surface area contributed by atoms with Crippen LogP contribution in [-0.2, 0) is 24.0 Å². The van der Waals surface area contributed by atoms with E-state index in [4.69, 9.17) is 22.9 Å². The van der Waals surface area contributed by atoms with E-state index in [-0.39, 0.29) is 23.6 Å². The van der Waals surface area contributed by atoms with Crippen LogP contribution in [0.3, 0.4) is 0 Å². The van der Waals surface area contributed by atoms with Gasteiger partial charge in [-0.3, -0.25) is 24.0 Å². The summed E-state index contributed by atoms with van der Waals surface area (Å²) in [6, 6.07) is -2.03. The van der Waals surface area contributed by atoms with Gasteiger partial charge in [0.05, 0.1) is 0 Å². The largest absolute Gasteiger partial charge is 0.368 e. The van der Waals surface area contributed by atoms with Crippen LogP contribution in [0.5, 0.6) is 0 Å². The second-order valence-electron chi connectivity index (χ2n) is 14.7. The Labute approximate surface area is 321 Å². The van der Waals surface area contributed by atoms with E-state index in [1.165, 1.54) is 38.5 Å². The number of hydrogen-bond donors (Lipinski definition) is 8. The smallest absolute Gasteiger partial charge is 0.243 e. The lowest BCUT2D eigenvalue weighted by atomic mass is 10.0. The molecule has 0 aromatic heterocycles. The van der Waals surface area contributed by atoms with Crippen LogP contribution in [-0.4, -0.2) is 73.8 Å². The lowest BCUT2D eigenvalue weighted by Crippen LogP contribution is -2.53. The molecule has 12 N–H and O–H groups in total. The summed E-state index contributed by atoms with van der Waals surface area (Å²) in [6.45, 7) is 4.31. The third-order valence-electron chi connectivity index (χ3n) is 9.69. The predicted octanol–water partition coefficient (Wildman–Crippen LogP) is 4.47. The molecule has 13 heteroatoms. The van der Waals surface area contributed by atoms with Gasteiger partial charge in [0.25, 0.3) is 0 Å². The van der Waals surface area contributed by atoms with Crippen molar-refractivity contribution in [2.45, 2.75) is 198 Å². The first kappa shape index (κ1) is 50.2. The van der Waals surface area contributed by atoms with E-state index in [0.717, 1.165) is 89.9 Å². The zero-order valence-electron chi connectivity index (χ0n) is 33.5. The van der Waals surface area contributed by atoms with Gasteiger partial charge in [-0.15, -0.1) is 0 Å². The average molecular weight is 753 g/mol. The number of nitrogens with one attached hydrogen (secondary N) is 4. The van der Waals surface area contributed by atoms with Gasteiger partial charge in [-0.2, -0.15) is 0 Å². The molecule has 0 rings (SSSR count). The number of carbonyl (C=O) groups excluding carboxylic acids is 5. The molecule has 0 aromatic rings. The number of hydrogen-bond acceptors (Lipinski definition) is 8. The summed E-state index contributed by atoms with van der Waals surface area (Å²) in [5, 5.41) is 11.6. The van der Waals surface area contributed by atoms with Crippen LogP contribution in [0.1, 0.15) is 180 Å². The van der Waals surface area contributed by atoms with Crippen molar-refractivity contribution in [3.05, 3.63) is 0 Å². The zero-order valence-corrected chi connectivity index (χ0v) is 33.5. The number of primary amides is 1. The fourth-order valence-corrected chi connectivity index (χ4v) is 6.33. The molecule has 0 bridgehead atoms. The van der Waals surface area contributed by atoms with E-state index in [1.807, 2.05) is 0 Å². The molecule has 0 heterocycles. The van der Waals surface area contributed by atoms with E-state index in [0.29, 0.717) is 71.1 Å². The monoisotopic (exact) mass is 753 g/mol. The molecule has 310 valence electrons. The SMILES string of the molecule is CCCCCCCCCCCC(=O)NC(CCCCN)C(=O)NC(CCCCN)C(=O)NCCCCCCCCCC(=O)NC(CCCCN)C(N)=O. The van der Waals surface area contributed by atoms with E-state index in [2.05, 4.69) is 28.2 Å². The second-order valence-corrected chi connectivity index (χ2v) is 14.7. The number of rotatable bonds is 38. The molecular formula is C40H80N8O5. The minimum Gasteiger partial charge on any atom is -0.368 e. The van der Waals surface area contributed by atoms with E-state index in [9.17, 15) is 24.0 Å². The summed E-state index contributed by atoms with van der Waals surface area (Å²) in [5.74, 6) is -1.33. The lowest BCUT2D eigenvalue weighted by molar-refractivity contribution is -0.132. The van der Waals surface area contributed by atoms with Crippen LogP contribution in [0.15, 0.2) is 0 Å². The zero-order chi connectivity index (χ0) is 39.4. The van der Waals surface area contributed by atoms with Gasteiger partial charge in [-0.05, 0) is 96.7 Å². The summed E-state index contributed by atoms with van der Waals surface area (Å²) in [4.78, 5) is 63.2. The minimum atomic E-state index is -0.703. The van der Waals surface area contributed by atoms with Crippen LogP contribution < -0.4 is 44.2 Å². The van der Waals surface area contributed by atoms with Gasteiger partial charge >= 0.3 is 0 Å². The Hall–Kier alpha value is -2.77. The molecule has 5 amide bonds. The Bertz CT molecular complexity index is 954. The molecule has 3 unspecified atom stereocenters. The van der Waals surface area contributed by atoms with Crippen molar-refractivity contribution >= 4 is 29.5 Å². The molecule has 0 saturated heterocycles. The van der Waals surface area contributed by atoms with E-state index < -0.39 is 24.0 Å². The van der Waals surface area contributed by atoms with Crippen LogP contribution in [0.2, 0.25) is 0 Å². The first-order valence-corrected chi connectivity index (χ1v) is 21.3. The maximum absolute atomic E-state index is 13.4. The van der Waals surface area contributed by atoms with Crippen molar-refractivity contribution in [1.29, 1.82) is 0 Å². The third kappa shape index (κ3) is 30.3. The molecule has 0 aliphatic rings. The summed E-state index contributed by atoms with van der Waals surface area (Å²) in [5.41, 5.74) is 22.3. The Kier molecular flexibility index (Phi) is 34.3. The van der Waals surface area contributed by atoms with Gasteiger partial charge in [0, 0.05) is 19.4 Å². The first-order valence-electron chi connectivity index (χ1n) is 21.3. The van der Waals surface area contributed by atoms with Crippen molar-refractivity contribution in [3.63, 3.8) is 0 Å². The van der Waals surface area contributed by atoms with Crippen molar-refractivity contribution in [3.8, 4) is 0 Å². The minimum absolute atomic E-state index is 0.126. The standard InChI is InChI=1S/C40H80N8O5/c1-2-3-4-5-6-7-9-12-16-28-37(50)47-35(26-19-22-31-43)40(53)48-34(25-18-21-30-42)39(52)45-32-23-14-11-8-10-13-15-27-36(49)46-33(38(44)51)24-17-20-29-41/h33-35H,2-32,41-43H2,1H3,(H2,44,51)(H,45,52)(H,46,49)(H,47,50)(H,48,53). The van der Waals surface area contributed by atoms with Gasteiger partial charge in [0.2, 0.25) is 29.5 Å². The summed E-state index contributed by atoms with van der Waals surface area (Å²) in [7, 11) is 0. The highest BCUT2D eigenvalue weighted by molar-refractivity contribution is 5.92. The maximum Gasteiger partial charge on any atom is 0.243 e. The quantitative estimate of drug-likeness (QED) is 0.0418. The molecule has 0 aliphatic heterocycles. The fourth-order valence-electron chi connectivity index (χ4n) is 6.33. The third-order valence-corrected chi connectivity index (χ3v) is 9.69. The van der Waals surface area contributed by atoms with Crippen molar-refractivity contribution < 1.29 is 24.0 Å². The van der Waals surface area contributed by atoms with E-state index >= 15 is 0 Å². The molecule has 53 heavy (non-hydrogen) atoms. The van der Waals surface area contributed by atoms with Gasteiger partial charge in [0.15, 0.2) is 0 Å². The van der Waals surface area contributed by atoms with Crippen molar-refractivity contribution in [2.75, 3.05) is 26.2 Å². The highest BCUT2D eigenvalue weighted by Gasteiger charge is 2.26. The summed E-state index contributed by atoms with van der Waals surface area (Å²) >= 11 is 0. The first-order chi connectivity index (χ1) is 25.7. The van der Waals surface area contributed by atoms with Gasteiger partial charge in [-0.1, -0.05) is 90.4 Å². The van der Waals surface area contributed by atoms with Crippen molar-refractivity contribution in [1.82, 2.24) is 21.3 Å². The molecule has 3 atom stereocenters. The summed E-state index contributed by atoms with van der Waals surface area (Å²) in [6.07, 6.45) is 23.7. The topological polar surface area (TPSA) is 238 Å². The van der Waals surface area contributed by atoms with E-state index in [1.54, 1.807) is 0 Å².